The lowest BCUT2D eigenvalue weighted by Gasteiger charge is -2.40. The Morgan fingerprint density at radius 3 is 2.74 bits per heavy atom. The molecule has 1 N–H and O–H groups in total. The number of H-pyrrole nitrogens is 1. The Hall–Kier alpha value is -2.87. The number of hydrogen-bond donors (Lipinski definition) is 1. The minimum absolute atomic E-state index is 0.156. The van der Waals surface area contributed by atoms with Crippen LogP contribution in [-0.4, -0.2) is 70.0 Å². The summed E-state index contributed by atoms with van der Waals surface area (Å²) in [5.74, 6) is 0.914. The molecule has 0 atom stereocenters. The van der Waals surface area contributed by atoms with E-state index in [4.69, 9.17) is 11.6 Å². The maximum atomic E-state index is 12.8. The number of piperazine rings is 1. The third kappa shape index (κ3) is 3.59. The van der Waals surface area contributed by atoms with Crippen LogP contribution in [0.3, 0.4) is 0 Å². The molecule has 2 aliphatic rings. The van der Waals surface area contributed by atoms with Gasteiger partial charge < -0.3 is 19.8 Å². The van der Waals surface area contributed by atoms with E-state index < -0.39 is 0 Å². The Bertz CT molecular complexity index is 1140. The molecule has 1 aliphatic heterocycles. The van der Waals surface area contributed by atoms with E-state index in [0.717, 1.165) is 67.0 Å². The van der Waals surface area contributed by atoms with Crippen molar-refractivity contribution in [2.24, 2.45) is 23.9 Å². The summed E-state index contributed by atoms with van der Waals surface area (Å²) in [5.41, 5.74) is 3.57. The van der Waals surface area contributed by atoms with E-state index in [1.54, 1.807) is 24.1 Å². The van der Waals surface area contributed by atoms with E-state index in [0.29, 0.717) is 16.8 Å². The number of carbonyl (C=O) groups excluding carboxylic acids is 1. The molecule has 8 nitrogen and oxygen atoms in total. The third-order valence-electron chi connectivity index (χ3n) is 6.42. The number of carbonyl (C=O) groups is 1. The molecule has 1 saturated heterocycles. The van der Waals surface area contributed by atoms with E-state index in [1.807, 2.05) is 30.4 Å². The van der Waals surface area contributed by atoms with Crippen LogP contribution in [0.1, 0.15) is 12.8 Å². The van der Waals surface area contributed by atoms with Crippen molar-refractivity contribution < 1.29 is 4.79 Å². The van der Waals surface area contributed by atoms with Gasteiger partial charge in [-0.15, -0.1) is 0 Å². The first kappa shape index (κ1) is 20.1. The molecule has 0 spiro atoms. The quantitative estimate of drug-likeness (QED) is 0.633. The Kier molecular flexibility index (Phi) is 5.17. The highest BCUT2D eigenvalue weighted by atomic mass is 35.5. The topological polar surface area (TPSA) is 82.4 Å². The van der Waals surface area contributed by atoms with E-state index in [9.17, 15) is 4.79 Å². The number of pyridine rings is 1. The van der Waals surface area contributed by atoms with Gasteiger partial charge >= 0.3 is 0 Å². The average Bonchev–Trinajstić information content (AvgIpc) is 3.33. The summed E-state index contributed by atoms with van der Waals surface area (Å²) >= 11 is 6.80. The predicted molar refractivity (Wildman–Crippen MR) is 123 cm³/mol. The van der Waals surface area contributed by atoms with E-state index >= 15 is 0 Å². The Balaban J connectivity index is 1.32. The molecule has 162 valence electrons. The zero-order chi connectivity index (χ0) is 21.5. The van der Waals surface area contributed by atoms with E-state index in [2.05, 4.69) is 25.0 Å². The van der Waals surface area contributed by atoms with Crippen molar-refractivity contribution in [2.75, 3.05) is 38.1 Å². The highest BCUT2D eigenvalue weighted by Crippen LogP contribution is 2.39. The first-order chi connectivity index (χ1) is 15.0. The molecule has 1 amide bonds. The van der Waals surface area contributed by atoms with Crippen molar-refractivity contribution in [2.45, 2.75) is 12.8 Å². The van der Waals surface area contributed by atoms with Gasteiger partial charge in [0.2, 0.25) is 5.91 Å². The fourth-order valence-corrected chi connectivity index (χ4v) is 5.04. The van der Waals surface area contributed by atoms with Crippen LogP contribution in [0, 0.1) is 11.8 Å². The van der Waals surface area contributed by atoms with Crippen molar-refractivity contribution >= 4 is 40.4 Å². The van der Waals surface area contributed by atoms with Crippen LogP contribution in [0.2, 0.25) is 5.02 Å². The monoisotopic (exact) mass is 439 g/mol. The van der Waals surface area contributed by atoms with Gasteiger partial charge in [-0.1, -0.05) is 11.6 Å². The third-order valence-corrected chi connectivity index (χ3v) is 6.80. The fourth-order valence-electron chi connectivity index (χ4n) is 4.70. The maximum absolute atomic E-state index is 12.8. The molecule has 4 heterocycles. The first-order valence-electron chi connectivity index (χ1n) is 10.7. The second-order valence-electron chi connectivity index (χ2n) is 8.42. The molecule has 1 aliphatic carbocycles. The summed E-state index contributed by atoms with van der Waals surface area (Å²) < 4.78 is 1.75. The number of aliphatic imine (C=N–C) groups is 1. The van der Waals surface area contributed by atoms with Crippen LogP contribution < -0.4 is 4.90 Å². The number of nitrogens with zero attached hydrogens (tertiary/aromatic N) is 6. The van der Waals surface area contributed by atoms with Crippen molar-refractivity contribution in [3.05, 3.63) is 29.7 Å². The molecular weight excluding hydrogens is 414 g/mol. The number of amides is 1. The van der Waals surface area contributed by atoms with Crippen molar-refractivity contribution in [3.63, 3.8) is 0 Å². The SMILES string of the molecule is CN=C[C@H]1C[C@H](C(=O)N2CCN(c3ccnc4[nH]c(-c5cnn(C)c5)c(Cl)c34)CC2)C1. The molecule has 1 saturated carbocycles. The molecular formula is C22H26ClN7O. The molecule has 9 heteroatoms. The van der Waals surface area contributed by atoms with Gasteiger partial charge in [-0.3, -0.25) is 9.48 Å². The predicted octanol–water partition coefficient (Wildman–Crippen LogP) is 2.99. The van der Waals surface area contributed by atoms with Gasteiger partial charge in [0.1, 0.15) is 5.65 Å². The number of nitrogens with one attached hydrogen (secondary N) is 1. The Morgan fingerprint density at radius 2 is 2.06 bits per heavy atom. The Morgan fingerprint density at radius 1 is 1.29 bits per heavy atom. The number of halogens is 1. The van der Waals surface area contributed by atoms with Gasteiger partial charge in [-0.25, -0.2) is 4.98 Å². The lowest BCUT2D eigenvalue weighted by molar-refractivity contribution is -0.139. The summed E-state index contributed by atoms with van der Waals surface area (Å²) in [6, 6.07) is 2.01. The van der Waals surface area contributed by atoms with Gasteiger partial charge in [-0.2, -0.15) is 5.10 Å². The molecule has 3 aromatic heterocycles. The van der Waals surface area contributed by atoms with Crippen molar-refractivity contribution in [1.29, 1.82) is 0 Å². The summed E-state index contributed by atoms with van der Waals surface area (Å²) in [7, 11) is 3.67. The number of aromatic amines is 1. The molecule has 0 aromatic carbocycles. The number of rotatable bonds is 4. The largest absolute Gasteiger partial charge is 0.367 e. The Labute approximate surface area is 185 Å². The standard InChI is InChI=1S/C22H26ClN7O/c1-24-11-14-9-15(10-14)22(31)30-7-5-29(6-8-30)17-3-4-25-21-18(17)19(23)20(27-21)16-12-26-28(2)13-16/h3-4,11-15H,5-10H2,1-2H3,(H,25,27)/t14-,15-. The summed E-state index contributed by atoms with van der Waals surface area (Å²) in [6.45, 7) is 3.01. The number of aryl methyl sites for hydroxylation is 1. The van der Waals surface area contributed by atoms with Gasteiger partial charge in [-0.05, 0) is 24.8 Å². The second-order valence-corrected chi connectivity index (χ2v) is 8.80. The van der Waals surface area contributed by atoms with Crippen molar-refractivity contribution in [1.82, 2.24) is 24.6 Å². The molecule has 0 bridgehead atoms. The normalized spacial score (nSPS) is 21.8. The van der Waals surface area contributed by atoms with E-state index in [1.165, 1.54) is 0 Å². The zero-order valence-electron chi connectivity index (χ0n) is 17.8. The lowest BCUT2D eigenvalue weighted by atomic mass is 9.75. The highest BCUT2D eigenvalue weighted by molar-refractivity contribution is 6.39. The number of fused-ring (bicyclic) bond motifs is 1. The number of aromatic nitrogens is 4. The van der Waals surface area contributed by atoms with Crippen LogP contribution in [0.25, 0.3) is 22.3 Å². The van der Waals surface area contributed by atoms with Gasteiger partial charge in [0, 0.05) is 70.4 Å². The summed E-state index contributed by atoms with van der Waals surface area (Å²) in [6.07, 6.45) is 9.35. The molecule has 31 heavy (non-hydrogen) atoms. The minimum atomic E-state index is 0.156. The zero-order valence-corrected chi connectivity index (χ0v) is 18.5. The van der Waals surface area contributed by atoms with Crippen LogP contribution >= 0.6 is 11.6 Å². The van der Waals surface area contributed by atoms with Crippen molar-refractivity contribution in [3.8, 4) is 11.3 Å². The fraction of sp³-hybridized carbons (Fsp3) is 0.455. The van der Waals surface area contributed by atoms with Crippen LogP contribution in [0.5, 0.6) is 0 Å². The smallest absolute Gasteiger partial charge is 0.225 e. The minimum Gasteiger partial charge on any atom is -0.367 e. The molecule has 0 radical (unpaired) electrons. The van der Waals surface area contributed by atoms with E-state index in [-0.39, 0.29) is 5.92 Å². The van der Waals surface area contributed by atoms with Crippen LogP contribution in [0.15, 0.2) is 29.6 Å². The molecule has 0 unspecified atom stereocenters. The van der Waals surface area contributed by atoms with Gasteiger partial charge in [0.15, 0.2) is 0 Å². The second kappa shape index (κ2) is 8.00. The summed E-state index contributed by atoms with van der Waals surface area (Å²) in [4.78, 5) is 29.0. The summed E-state index contributed by atoms with van der Waals surface area (Å²) in [5, 5.41) is 5.82. The van der Waals surface area contributed by atoms with Gasteiger partial charge in [0.25, 0.3) is 0 Å². The molecule has 5 rings (SSSR count). The molecule has 3 aromatic rings. The van der Waals surface area contributed by atoms with Gasteiger partial charge in [0.05, 0.1) is 28.0 Å². The lowest BCUT2D eigenvalue weighted by Crippen LogP contribution is -2.52. The van der Waals surface area contributed by atoms with Crippen LogP contribution in [0.4, 0.5) is 5.69 Å². The molecule has 2 fully saturated rings. The highest BCUT2D eigenvalue weighted by Gasteiger charge is 2.37. The number of anilines is 1. The maximum Gasteiger partial charge on any atom is 0.225 e. The number of hydrogen-bond acceptors (Lipinski definition) is 5. The average molecular weight is 440 g/mol. The van der Waals surface area contributed by atoms with Crippen LogP contribution in [-0.2, 0) is 11.8 Å². The first-order valence-corrected chi connectivity index (χ1v) is 11.0.